The Morgan fingerprint density at radius 1 is 1.42 bits per heavy atom. The third-order valence-electron chi connectivity index (χ3n) is 3.35. The molecule has 0 aliphatic heterocycles. The highest BCUT2D eigenvalue weighted by molar-refractivity contribution is 7.10. The summed E-state index contributed by atoms with van der Waals surface area (Å²) in [5, 5.41) is 6.66. The highest BCUT2D eigenvalue weighted by Gasteiger charge is 2.20. The van der Waals surface area contributed by atoms with Crippen LogP contribution in [0.2, 0.25) is 0 Å². The summed E-state index contributed by atoms with van der Waals surface area (Å²) in [6, 6.07) is 3.69. The largest absolute Gasteiger partial charge is 0.444 e. The summed E-state index contributed by atoms with van der Waals surface area (Å²) in [6.45, 7) is 7.40. The molecule has 1 atom stereocenters. The van der Waals surface area contributed by atoms with Crippen LogP contribution in [0.15, 0.2) is 29.9 Å². The van der Waals surface area contributed by atoms with Gasteiger partial charge in [-0.05, 0) is 39.8 Å². The number of carbonyl (C=O) groups excluding carboxylic acids is 1. The van der Waals surface area contributed by atoms with Crippen molar-refractivity contribution in [2.75, 3.05) is 0 Å². The van der Waals surface area contributed by atoms with Crippen LogP contribution in [-0.2, 0) is 4.74 Å². The molecule has 126 valence electrons. The summed E-state index contributed by atoms with van der Waals surface area (Å²) in [4.78, 5) is 24.0. The standard InChI is InChI=1S/C17H20N4O2S/c1-10(20-16(22)23-17(2,3)4)15-21-13(9-24-15)12-8-19-14-11(12)6-5-7-18-14/h5-10H,1-4H3,(H,18,19)(H,20,22)/t10-/m1/s1. The van der Waals surface area contributed by atoms with E-state index >= 15 is 0 Å². The van der Waals surface area contributed by atoms with Crippen LogP contribution < -0.4 is 5.32 Å². The zero-order valence-corrected chi connectivity index (χ0v) is 14.9. The normalized spacial score (nSPS) is 13.0. The zero-order chi connectivity index (χ0) is 17.3. The number of hydrogen-bond donors (Lipinski definition) is 2. The molecule has 3 aromatic rings. The van der Waals surface area contributed by atoms with Crippen LogP contribution in [0.25, 0.3) is 22.3 Å². The van der Waals surface area contributed by atoms with Crippen molar-refractivity contribution < 1.29 is 9.53 Å². The Labute approximate surface area is 144 Å². The predicted octanol–water partition coefficient (Wildman–Crippen LogP) is 4.27. The molecule has 6 nitrogen and oxygen atoms in total. The molecule has 7 heteroatoms. The number of aromatic amines is 1. The lowest BCUT2D eigenvalue weighted by molar-refractivity contribution is 0.0508. The molecule has 0 aromatic carbocycles. The summed E-state index contributed by atoms with van der Waals surface area (Å²) in [7, 11) is 0. The van der Waals surface area contributed by atoms with Gasteiger partial charge in [-0.2, -0.15) is 0 Å². The smallest absolute Gasteiger partial charge is 0.408 e. The molecular formula is C17H20N4O2S. The maximum atomic E-state index is 11.9. The number of H-pyrrole nitrogens is 1. The average molecular weight is 344 g/mol. The van der Waals surface area contributed by atoms with Gasteiger partial charge in [-0.15, -0.1) is 11.3 Å². The Morgan fingerprint density at radius 2 is 2.21 bits per heavy atom. The fourth-order valence-electron chi connectivity index (χ4n) is 2.32. The number of amides is 1. The fourth-order valence-corrected chi connectivity index (χ4v) is 3.15. The molecule has 0 bridgehead atoms. The lowest BCUT2D eigenvalue weighted by Gasteiger charge is -2.21. The minimum absolute atomic E-state index is 0.220. The van der Waals surface area contributed by atoms with E-state index < -0.39 is 11.7 Å². The first kappa shape index (κ1) is 16.4. The third kappa shape index (κ3) is 3.56. The van der Waals surface area contributed by atoms with Crippen molar-refractivity contribution in [1.29, 1.82) is 0 Å². The van der Waals surface area contributed by atoms with Crippen LogP contribution in [-0.4, -0.2) is 26.6 Å². The predicted molar refractivity (Wildman–Crippen MR) is 95.0 cm³/mol. The molecule has 3 heterocycles. The van der Waals surface area contributed by atoms with Gasteiger partial charge >= 0.3 is 6.09 Å². The molecule has 2 N–H and O–H groups in total. The second-order valence-electron chi connectivity index (χ2n) is 6.54. The summed E-state index contributed by atoms with van der Waals surface area (Å²) in [5.74, 6) is 0. The highest BCUT2D eigenvalue weighted by atomic mass is 32.1. The number of hydrogen-bond acceptors (Lipinski definition) is 5. The van der Waals surface area contributed by atoms with Crippen LogP contribution >= 0.6 is 11.3 Å². The Kier molecular flexibility index (Phi) is 4.28. The number of nitrogens with one attached hydrogen (secondary N) is 2. The first-order valence-electron chi connectivity index (χ1n) is 7.71. The van der Waals surface area contributed by atoms with Crippen LogP contribution in [0.3, 0.4) is 0 Å². The molecule has 3 rings (SSSR count). The first-order chi connectivity index (χ1) is 11.3. The maximum Gasteiger partial charge on any atom is 0.408 e. The Morgan fingerprint density at radius 3 is 2.96 bits per heavy atom. The minimum Gasteiger partial charge on any atom is -0.444 e. The average Bonchev–Trinajstić information content (AvgIpc) is 3.11. The van der Waals surface area contributed by atoms with Gasteiger partial charge < -0.3 is 15.0 Å². The fraction of sp³-hybridized carbons (Fsp3) is 0.353. The van der Waals surface area contributed by atoms with Crippen molar-refractivity contribution in [2.45, 2.75) is 39.3 Å². The van der Waals surface area contributed by atoms with Gasteiger partial charge in [0.05, 0.1) is 11.7 Å². The van der Waals surface area contributed by atoms with Gasteiger partial charge in [-0.25, -0.2) is 14.8 Å². The number of nitrogens with zero attached hydrogens (tertiary/aromatic N) is 2. The topological polar surface area (TPSA) is 79.9 Å². The van der Waals surface area contributed by atoms with E-state index in [4.69, 9.17) is 4.74 Å². The van der Waals surface area contributed by atoms with E-state index in [2.05, 4.69) is 20.3 Å². The van der Waals surface area contributed by atoms with Crippen molar-refractivity contribution in [3.63, 3.8) is 0 Å². The van der Waals surface area contributed by atoms with Gasteiger partial charge in [0.1, 0.15) is 16.3 Å². The molecule has 1 amide bonds. The van der Waals surface area contributed by atoms with Crippen molar-refractivity contribution in [3.8, 4) is 11.3 Å². The van der Waals surface area contributed by atoms with Gasteiger partial charge in [0.15, 0.2) is 0 Å². The number of aromatic nitrogens is 3. The van der Waals surface area contributed by atoms with Crippen molar-refractivity contribution in [3.05, 3.63) is 34.9 Å². The second-order valence-corrected chi connectivity index (χ2v) is 7.43. The summed E-state index contributed by atoms with van der Waals surface area (Å²) in [6.07, 6.45) is 3.22. The highest BCUT2D eigenvalue weighted by Crippen LogP contribution is 2.30. The molecule has 0 aliphatic carbocycles. The lowest BCUT2D eigenvalue weighted by Crippen LogP contribution is -2.34. The molecule has 0 aliphatic rings. The van der Waals surface area contributed by atoms with Gasteiger partial charge in [0.2, 0.25) is 0 Å². The number of ether oxygens (including phenoxy) is 1. The van der Waals surface area contributed by atoms with Crippen LogP contribution in [0.5, 0.6) is 0 Å². The van der Waals surface area contributed by atoms with Crippen LogP contribution in [0.4, 0.5) is 4.79 Å². The minimum atomic E-state index is -0.519. The Balaban J connectivity index is 1.77. The molecule has 24 heavy (non-hydrogen) atoms. The van der Waals surface area contributed by atoms with E-state index in [0.717, 1.165) is 27.3 Å². The molecule has 0 radical (unpaired) electrons. The number of pyridine rings is 1. The Hall–Kier alpha value is -2.41. The van der Waals surface area contributed by atoms with Gasteiger partial charge in [-0.3, -0.25) is 0 Å². The van der Waals surface area contributed by atoms with E-state index in [0.29, 0.717) is 0 Å². The molecule has 3 aromatic heterocycles. The van der Waals surface area contributed by atoms with Crippen molar-refractivity contribution >= 4 is 28.5 Å². The van der Waals surface area contributed by atoms with Gasteiger partial charge in [-0.1, -0.05) is 0 Å². The van der Waals surface area contributed by atoms with E-state index in [1.54, 1.807) is 6.20 Å². The molecule has 0 spiro atoms. The van der Waals surface area contributed by atoms with E-state index in [9.17, 15) is 4.79 Å². The van der Waals surface area contributed by atoms with Crippen molar-refractivity contribution in [2.24, 2.45) is 0 Å². The number of rotatable bonds is 3. The monoisotopic (exact) mass is 344 g/mol. The number of alkyl carbamates (subject to hydrolysis) is 1. The van der Waals surface area contributed by atoms with E-state index in [-0.39, 0.29) is 6.04 Å². The van der Waals surface area contributed by atoms with Crippen LogP contribution in [0.1, 0.15) is 38.7 Å². The quantitative estimate of drug-likeness (QED) is 0.743. The number of fused-ring (bicyclic) bond motifs is 1. The Bertz CT molecular complexity index is 863. The number of carbonyl (C=O) groups is 1. The number of thiazole rings is 1. The summed E-state index contributed by atoms with van der Waals surface area (Å²) < 4.78 is 5.28. The zero-order valence-electron chi connectivity index (χ0n) is 14.1. The molecule has 0 saturated heterocycles. The second kappa shape index (κ2) is 6.24. The van der Waals surface area contributed by atoms with Crippen LogP contribution in [0, 0.1) is 0 Å². The molecule has 0 saturated carbocycles. The van der Waals surface area contributed by atoms with Crippen molar-refractivity contribution in [1.82, 2.24) is 20.3 Å². The van der Waals surface area contributed by atoms with E-state index in [1.807, 2.05) is 51.4 Å². The lowest BCUT2D eigenvalue weighted by atomic mass is 10.2. The SMILES string of the molecule is C[C@@H](NC(=O)OC(C)(C)C)c1nc(-c2c[nH]c3ncccc23)cs1. The van der Waals surface area contributed by atoms with Gasteiger partial charge in [0.25, 0.3) is 0 Å². The first-order valence-corrected chi connectivity index (χ1v) is 8.59. The summed E-state index contributed by atoms with van der Waals surface area (Å²) >= 11 is 1.51. The van der Waals surface area contributed by atoms with Gasteiger partial charge in [0, 0.05) is 28.7 Å². The maximum absolute atomic E-state index is 11.9. The molecule has 0 unspecified atom stereocenters. The summed E-state index contributed by atoms with van der Waals surface area (Å²) in [5.41, 5.74) is 2.19. The molecular weight excluding hydrogens is 324 g/mol. The van der Waals surface area contributed by atoms with E-state index in [1.165, 1.54) is 11.3 Å². The molecule has 0 fully saturated rings. The third-order valence-corrected chi connectivity index (χ3v) is 4.38.